The zero-order valence-electron chi connectivity index (χ0n) is 18.9. The average Bonchev–Trinajstić information content (AvgIpc) is 2.55. The van der Waals surface area contributed by atoms with Crippen LogP contribution < -0.4 is 5.30 Å². The molecule has 0 aliphatic heterocycles. The summed E-state index contributed by atoms with van der Waals surface area (Å²) in [6, 6.07) is 9.52. The van der Waals surface area contributed by atoms with E-state index in [0.717, 1.165) is 31.2 Å². The van der Waals surface area contributed by atoms with Crippen molar-refractivity contribution in [3.63, 3.8) is 0 Å². The molecule has 156 valence electrons. The van der Waals surface area contributed by atoms with Gasteiger partial charge in [-0.15, -0.1) is 0 Å². The third kappa shape index (κ3) is 4.71. The van der Waals surface area contributed by atoms with E-state index >= 15 is 0 Å². The van der Waals surface area contributed by atoms with Crippen LogP contribution in [0.3, 0.4) is 0 Å². The van der Waals surface area contributed by atoms with Crippen molar-refractivity contribution in [3.05, 3.63) is 29.8 Å². The molecule has 4 fully saturated rings. The minimum Gasteiger partial charge on any atom is -0.0911 e. The van der Waals surface area contributed by atoms with Crippen molar-refractivity contribution in [2.75, 3.05) is 0 Å². The molecule has 2 atom stereocenters. The van der Waals surface area contributed by atoms with Crippen molar-refractivity contribution >= 4 is 29.8 Å². The third-order valence-corrected chi connectivity index (χ3v) is 16.2. The maximum Gasteiger partial charge on any atom is -0.00573 e. The standard InChI is InChI=1S/C25H41P3/c1-23(2,3)28(24(4,5)6)17-21-9-7-8-10-22(21)26-27-25-14-18-11-19(15-25)13-20(12-18)16-25/h7-10,18-20,26-27H,11-17H2,1-6H3. The van der Waals surface area contributed by atoms with Crippen LogP contribution in [0.25, 0.3) is 0 Å². The lowest BCUT2D eigenvalue weighted by Crippen LogP contribution is -2.47. The zero-order chi connectivity index (χ0) is 20.2. The zero-order valence-corrected chi connectivity index (χ0v) is 21.8. The Morgan fingerprint density at radius 3 is 1.86 bits per heavy atom. The molecule has 0 saturated heterocycles. The first-order valence-corrected chi connectivity index (χ1v) is 16.0. The fourth-order valence-electron chi connectivity index (χ4n) is 6.89. The molecule has 4 aliphatic carbocycles. The van der Waals surface area contributed by atoms with E-state index in [0.29, 0.717) is 10.3 Å². The van der Waals surface area contributed by atoms with E-state index in [1.54, 1.807) is 49.4 Å². The Morgan fingerprint density at radius 2 is 1.36 bits per heavy atom. The number of rotatable bonds is 5. The number of hydrogen-bond donors (Lipinski definition) is 0. The number of hydrogen-bond acceptors (Lipinski definition) is 0. The quantitative estimate of drug-likeness (QED) is 0.410. The van der Waals surface area contributed by atoms with Gasteiger partial charge in [0.05, 0.1) is 0 Å². The molecule has 28 heavy (non-hydrogen) atoms. The van der Waals surface area contributed by atoms with Gasteiger partial charge in [-0.2, -0.15) is 0 Å². The van der Waals surface area contributed by atoms with Crippen molar-refractivity contribution in [3.8, 4) is 0 Å². The average molecular weight is 435 g/mol. The first-order valence-electron chi connectivity index (χ1n) is 11.4. The van der Waals surface area contributed by atoms with E-state index in [1.165, 1.54) is 14.4 Å². The van der Waals surface area contributed by atoms with Crippen molar-refractivity contribution < 1.29 is 0 Å². The lowest BCUT2D eigenvalue weighted by atomic mass is 9.56. The van der Waals surface area contributed by atoms with Crippen LogP contribution in [-0.2, 0) is 6.16 Å². The summed E-state index contributed by atoms with van der Waals surface area (Å²) in [6.45, 7) is 14.8. The Labute approximate surface area is 179 Å². The Bertz CT molecular complexity index is 645. The molecule has 3 heteroatoms. The normalized spacial score (nSPS) is 33.2. The molecule has 4 bridgehead atoms. The van der Waals surface area contributed by atoms with Crippen LogP contribution in [0.1, 0.15) is 85.6 Å². The molecule has 0 nitrogen and oxygen atoms in total. The van der Waals surface area contributed by atoms with Crippen LogP contribution in [0.2, 0.25) is 0 Å². The third-order valence-electron chi connectivity index (χ3n) is 7.47. The maximum atomic E-state index is 2.47. The van der Waals surface area contributed by atoms with Crippen molar-refractivity contribution in [2.24, 2.45) is 17.8 Å². The highest BCUT2D eigenvalue weighted by molar-refractivity contribution is 8.16. The van der Waals surface area contributed by atoms with Gasteiger partial charge in [0.2, 0.25) is 0 Å². The van der Waals surface area contributed by atoms with Gasteiger partial charge >= 0.3 is 0 Å². The molecule has 0 amide bonds. The fraction of sp³-hybridized carbons (Fsp3) is 0.760. The summed E-state index contributed by atoms with van der Waals surface area (Å²) in [5.41, 5.74) is 1.68. The molecular weight excluding hydrogens is 393 g/mol. The van der Waals surface area contributed by atoms with Crippen molar-refractivity contribution in [1.82, 2.24) is 0 Å². The second-order valence-electron chi connectivity index (χ2n) is 12.0. The molecule has 0 heterocycles. The van der Waals surface area contributed by atoms with Crippen LogP contribution in [0.15, 0.2) is 24.3 Å². The molecule has 0 radical (unpaired) electrons. The Hall–Kier alpha value is 0.510. The van der Waals surface area contributed by atoms with Gasteiger partial charge in [0.25, 0.3) is 0 Å². The highest BCUT2D eigenvalue weighted by Crippen LogP contribution is 2.67. The van der Waals surface area contributed by atoms with E-state index in [2.05, 4.69) is 65.8 Å². The summed E-state index contributed by atoms with van der Waals surface area (Å²) in [6.07, 6.45) is 10.7. The van der Waals surface area contributed by atoms with E-state index < -0.39 is 0 Å². The van der Waals surface area contributed by atoms with Gasteiger partial charge in [-0.25, -0.2) is 0 Å². The van der Waals surface area contributed by atoms with E-state index in [4.69, 9.17) is 0 Å². The van der Waals surface area contributed by atoms with E-state index in [9.17, 15) is 0 Å². The Kier molecular flexibility index (Phi) is 6.12. The first-order chi connectivity index (χ1) is 13.0. The molecule has 1 aromatic rings. The molecule has 4 saturated carbocycles. The summed E-state index contributed by atoms with van der Waals surface area (Å²) >= 11 is 0. The van der Waals surface area contributed by atoms with Crippen LogP contribution in [-0.4, -0.2) is 15.5 Å². The predicted molar refractivity (Wildman–Crippen MR) is 134 cm³/mol. The monoisotopic (exact) mass is 434 g/mol. The smallest absolute Gasteiger partial charge is 0.00573 e. The second-order valence-corrected chi connectivity index (χ2v) is 19.5. The molecule has 1 aromatic carbocycles. The van der Waals surface area contributed by atoms with Gasteiger partial charge in [-0.1, -0.05) is 90.3 Å². The SMILES string of the molecule is CC(C)(C)P(Cc1ccccc1PPC12CC3CC(CC(C3)C1)C2)C(C)(C)C. The molecular formula is C25H41P3. The molecule has 0 aromatic heterocycles. The van der Waals surface area contributed by atoms with Gasteiger partial charge in [0, 0.05) is 0 Å². The highest BCUT2D eigenvalue weighted by atomic mass is 32.0. The fourth-order valence-corrected chi connectivity index (χ4v) is 15.6. The van der Waals surface area contributed by atoms with Gasteiger partial charge in [-0.3, -0.25) is 0 Å². The lowest BCUT2D eigenvalue weighted by Gasteiger charge is -2.57. The van der Waals surface area contributed by atoms with Gasteiger partial charge in [0.1, 0.15) is 0 Å². The minimum atomic E-state index is -0.0655. The van der Waals surface area contributed by atoms with Crippen LogP contribution >= 0.6 is 24.5 Å². The predicted octanol–water partition coefficient (Wildman–Crippen LogP) is 8.13. The summed E-state index contributed by atoms with van der Waals surface area (Å²) in [7, 11) is 2.17. The number of benzene rings is 1. The molecule has 0 N–H and O–H groups in total. The maximum absolute atomic E-state index is 2.47. The van der Waals surface area contributed by atoms with Gasteiger partial charge < -0.3 is 0 Å². The molecule has 0 spiro atoms. The Balaban J connectivity index is 1.49. The van der Waals surface area contributed by atoms with Gasteiger partial charge in [0.15, 0.2) is 0 Å². The summed E-state index contributed by atoms with van der Waals surface area (Å²) in [5, 5.41) is 3.27. The van der Waals surface area contributed by atoms with Crippen LogP contribution in [0, 0.1) is 17.8 Å². The topological polar surface area (TPSA) is 0 Å². The van der Waals surface area contributed by atoms with Crippen LogP contribution in [0.4, 0.5) is 0 Å². The Morgan fingerprint density at radius 1 is 0.857 bits per heavy atom. The van der Waals surface area contributed by atoms with Crippen LogP contribution in [0.5, 0.6) is 0 Å². The first kappa shape index (κ1) is 21.7. The summed E-state index contributed by atoms with van der Waals surface area (Å²) in [5.74, 6) is 3.27. The van der Waals surface area contributed by atoms with E-state index in [-0.39, 0.29) is 7.92 Å². The highest BCUT2D eigenvalue weighted by Gasteiger charge is 2.50. The van der Waals surface area contributed by atoms with Crippen molar-refractivity contribution in [1.29, 1.82) is 0 Å². The largest absolute Gasteiger partial charge is 0.0911 e. The minimum absolute atomic E-state index is 0.0655. The second kappa shape index (κ2) is 7.89. The van der Waals surface area contributed by atoms with Crippen molar-refractivity contribution in [2.45, 2.75) is 102 Å². The lowest BCUT2D eigenvalue weighted by molar-refractivity contribution is 0.0375. The molecule has 5 rings (SSSR count). The van der Waals surface area contributed by atoms with Gasteiger partial charge in [-0.05, 0) is 88.8 Å². The molecule has 4 aliphatic rings. The molecule has 2 unspecified atom stereocenters. The summed E-state index contributed by atoms with van der Waals surface area (Å²) in [4.78, 5) is 0. The summed E-state index contributed by atoms with van der Waals surface area (Å²) < 4.78 is 0. The van der Waals surface area contributed by atoms with E-state index in [1.807, 2.05) is 0 Å².